The monoisotopic (exact) mass is 525 g/mol. The maximum atomic E-state index is 12.9. The van der Waals surface area contributed by atoms with E-state index in [2.05, 4.69) is 20.6 Å². The SMILES string of the molecule is CC(=O)Oc1cc(-c2cnc(NC(=O)c3ccccc3)c3cnc(NC(C)(C)C)nc23)ccc1OCC1CC1. The van der Waals surface area contributed by atoms with Crippen molar-refractivity contribution >= 4 is 34.5 Å². The van der Waals surface area contributed by atoms with Crippen LogP contribution in [0.4, 0.5) is 11.8 Å². The third kappa shape index (κ3) is 6.49. The Morgan fingerprint density at radius 2 is 1.77 bits per heavy atom. The molecule has 200 valence electrons. The zero-order chi connectivity index (χ0) is 27.6. The lowest BCUT2D eigenvalue weighted by Gasteiger charge is -2.21. The summed E-state index contributed by atoms with van der Waals surface area (Å²) in [5, 5.41) is 6.75. The van der Waals surface area contributed by atoms with Gasteiger partial charge < -0.3 is 20.1 Å². The fourth-order valence-electron chi connectivity index (χ4n) is 4.02. The molecule has 0 spiro atoms. The number of pyridine rings is 1. The molecule has 9 heteroatoms. The maximum absolute atomic E-state index is 12.9. The summed E-state index contributed by atoms with van der Waals surface area (Å²) in [5.41, 5.74) is 2.23. The second-order valence-corrected chi connectivity index (χ2v) is 10.7. The lowest BCUT2D eigenvalue weighted by atomic mass is 10.0. The van der Waals surface area contributed by atoms with Gasteiger partial charge in [-0.15, -0.1) is 0 Å². The van der Waals surface area contributed by atoms with E-state index in [1.165, 1.54) is 6.92 Å². The van der Waals surface area contributed by atoms with Crippen molar-refractivity contribution in [2.24, 2.45) is 5.92 Å². The van der Waals surface area contributed by atoms with Crippen LogP contribution in [0.15, 0.2) is 60.9 Å². The van der Waals surface area contributed by atoms with Gasteiger partial charge in [0.2, 0.25) is 5.95 Å². The Morgan fingerprint density at radius 3 is 2.46 bits per heavy atom. The molecule has 1 fully saturated rings. The minimum absolute atomic E-state index is 0.270. The first-order valence-electron chi connectivity index (χ1n) is 12.9. The van der Waals surface area contributed by atoms with Crippen LogP contribution in [-0.4, -0.2) is 39.0 Å². The topological polar surface area (TPSA) is 115 Å². The molecule has 39 heavy (non-hydrogen) atoms. The molecule has 0 aliphatic heterocycles. The number of carbonyl (C=O) groups excluding carboxylic acids is 2. The molecule has 9 nitrogen and oxygen atoms in total. The zero-order valence-corrected chi connectivity index (χ0v) is 22.4. The molecule has 1 amide bonds. The molecule has 0 saturated heterocycles. The summed E-state index contributed by atoms with van der Waals surface area (Å²) in [6, 6.07) is 14.3. The molecule has 2 aromatic heterocycles. The smallest absolute Gasteiger partial charge is 0.308 e. The number of hydrogen-bond acceptors (Lipinski definition) is 8. The molecule has 1 aliphatic carbocycles. The van der Waals surface area contributed by atoms with E-state index in [9.17, 15) is 9.59 Å². The Bertz CT molecular complexity index is 1530. The normalized spacial score (nSPS) is 13.1. The Morgan fingerprint density at radius 1 is 1.00 bits per heavy atom. The second kappa shape index (κ2) is 10.7. The van der Waals surface area contributed by atoms with Gasteiger partial charge in [-0.05, 0) is 69.4 Å². The number of benzene rings is 2. The van der Waals surface area contributed by atoms with E-state index < -0.39 is 5.97 Å². The Balaban J connectivity index is 1.58. The van der Waals surface area contributed by atoms with E-state index in [0.29, 0.717) is 57.8 Å². The number of amides is 1. The number of fused-ring (bicyclic) bond motifs is 1. The van der Waals surface area contributed by atoms with Crippen LogP contribution in [0, 0.1) is 5.92 Å². The van der Waals surface area contributed by atoms with Crippen molar-refractivity contribution in [1.29, 1.82) is 0 Å². The van der Waals surface area contributed by atoms with Crippen LogP contribution in [0.5, 0.6) is 11.5 Å². The van der Waals surface area contributed by atoms with Crippen molar-refractivity contribution in [3.8, 4) is 22.6 Å². The molecule has 1 saturated carbocycles. The number of aromatic nitrogens is 3. The highest BCUT2D eigenvalue weighted by Gasteiger charge is 2.23. The predicted octanol–water partition coefficient (Wildman–Crippen LogP) is 5.87. The molecule has 1 aliphatic rings. The molecule has 5 rings (SSSR count). The largest absolute Gasteiger partial charge is 0.489 e. The third-order valence-electron chi connectivity index (χ3n) is 6.06. The molecule has 0 radical (unpaired) electrons. The number of hydrogen-bond donors (Lipinski definition) is 2. The van der Waals surface area contributed by atoms with E-state index in [1.807, 2.05) is 32.9 Å². The van der Waals surface area contributed by atoms with Gasteiger partial charge in [-0.3, -0.25) is 9.59 Å². The quantitative estimate of drug-likeness (QED) is 0.217. The number of ether oxygens (including phenoxy) is 2. The van der Waals surface area contributed by atoms with E-state index >= 15 is 0 Å². The highest BCUT2D eigenvalue weighted by molar-refractivity contribution is 6.09. The first-order valence-corrected chi connectivity index (χ1v) is 12.9. The highest BCUT2D eigenvalue weighted by Crippen LogP contribution is 2.38. The average molecular weight is 526 g/mol. The van der Waals surface area contributed by atoms with Gasteiger partial charge in [0.25, 0.3) is 5.91 Å². The van der Waals surface area contributed by atoms with Gasteiger partial charge in [0.15, 0.2) is 11.5 Å². The fraction of sp³-hybridized carbons (Fsp3) is 0.300. The summed E-state index contributed by atoms with van der Waals surface area (Å²) in [6.07, 6.45) is 5.59. The van der Waals surface area contributed by atoms with Gasteiger partial charge >= 0.3 is 5.97 Å². The van der Waals surface area contributed by atoms with E-state index in [4.69, 9.17) is 14.5 Å². The van der Waals surface area contributed by atoms with Crippen molar-refractivity contribution in [3.05, 3.63) is 66.5 Å². The van der Waals surface area contributed by atoms with Crippen molar-refractivity contribution in [2.75, 3.05) is 17.2 Å². The van der Waals surface area contributed by atoms with Crippen LogP contribution in [0.3, 0.4) is 0 Å². The number of rotatable bonds is 8. The zero-order valence-electron chi connectivity index (χ0n) is 22.4. The Labute approximate surface area is 227 Å². The van der Waals surface area contributed by atoms with Crippen molar-refractivity contribution < 1.29 is 19.1 Å². The van der Waals surface area contributed by atoms with Crippen LogP contribution in [0.1, 0.15) is 50.9 Å². The van der Waals surface area contributed by atoms with Crippen molar-refractivity contribution in [2.45, 2.75) is 46.1 Å². The van der Waals surface area contributed by atoms with Crippen LogP contribution >= 0.6 is 0 Å². The van der Waals surface area contributed by atoms with Gasteiger partial charge in [-0.1, -0.05) is 24.3 Å². The Kier molecular flexibility index (Phi) is 7.15. The molecule has 4 aromatic rings. The lowest BCUT2D eigenvalue weighted by molar-refractivity contribution is -0.132. The van der Waals surface area contributed by atoms with Crippen molar-refractivity contribution in [1.82, 2.24) is 15.0 Å². The van der Waals surface area contributed by atoms with Crippen LogP contribution in [0.2, 0.25) is 0 Å². The number of carbonyl (C=O) groups is 2. The van der Waals surface area contributed by atoms with Gasteiger partial charge in [-0.25, -0.2) is 15.0 Å². The van der Waals surface area contributed by atoms with Gasteiger partial charge in [0, 0.05) is 36.0 Å². The van der Waals surface area contributed by atoms with Crippen LogP contribution < -0.4 is 20.1 Å². The van der Waals surface area contributed by atoms with Gasteiger partial charge in [-0.2, -0.15) is 0 Å². The minimum atomic E-state index is -0.440. The molecule has 0 atom stereocenters. The molecule has 0 unspecified atom stereocenters. The van der Waals surface area contributed by atoms with E-state index in [1.54, 1.807) is 48.8 Å². The Hall–Kier alpha value is -4.53. The number of anilines is 2. The van der Waals surface area contributed by atoms with Gasteiger partial charge in [0.05, 0.1) is 17.5 Å². The summed E-state index contributed by atoms with van der Waals surface area (Å²) in [4.78, 5) is 38.6. The summed E-state index contributed by atoms with van der Waals surface area (Å²) in [5.74, 6) is 1.44. The summed E-state index contributed by atoms with van der Waals surface area (Å²) in [7, 11) is 0. The van der Waals surface area contributed by atoms with E-state index in [0.717, 1.165) is 18.4 Å². The predicted molar refractivity (Wildman–Crippen MR) is 150 cm³/mol. The number of esters is 1. The second-order valence-electron chi connectivity index (χ2n) is 10.7. The first kappa shape index (κ1) is 26.1. The fourth-order valence-corrected chi connectivity index (χ4v) is 4.02. The standard InChI is InChI=1S/C30H31N5O4/c1-18(36)39-25-14-21(12-13-24(25)38-17-19-10-11-19)22-15-31-27(34-28(37)20-8-6-5-7-9-20)23-16-32-29(33-26(22)23)35-30(2,3)4/h5-9,12-16,19H,10-11,17H2,1-4H3,(H,31,34,37)(H,32,33,35). The summed E-state index contributed by atoms with van der Waals surface area (Å²) in [6.45, 7) is 8.00. The van der Waals surface area contributed by atoms with E-state index in [-0.39, 0.29) is 11.4 Å². The molecule has 0 bridgehead atoms. The first-order chi connectivity index (χ1) is 18.7. The number of nitrogens with zero attached hydrogens (tertiary/aromatic N) is 3. The number of nitrogens with one attached hydrogen (secondary N) is 2. The maximum Gasteiger partial charge on any atom is 0.308 e. The van der Waals surface area contributed by atoms with Crippen LogP contribution in [0.25, 0.3) is 22.0 Å². The molecular weight excluding hydrogens is 494 g/mol. The summed E-state index contributed by atoms with van der Waals surface area (Å²) < 4.78 is 11.4. The van der Waals surface area contributed by atoms with Gasteiger partial charge in [0.1, 0.15) is 5.82 Å². The lowest BCUT2D eigenvalue weighted by Crippen LogP contribution is -2.27. The average Bonchev–Trinajstić information content (AvgIpc) is 3.72. The highest BCUT2D eigenvalue weighted by atomic mass is 16.6. The van der Waals surface area contributed by atoms with Crippen molar-refractivity contribution in [3.63, 3.8) is 0 Å². The molecule has 2 aromatic carbocycles. The third-order valence-corrected chi connectivity index (χ3v) is 6.06. The van der Waals surface area contributed by atoms with Crippen LogP contribution in [-0.2, 0) is 4.79 Å². The summed E-state index contributed by atoms with van der Waals surface area (Å²) >= 11 is 0. The molecule has 2 N–H and O–H groups in total. The molecule has 2 heterocycles. The molecular formula is C30H31N5O4. The minimum Gasteiger partial charge on any atom is -0.489 e.